The number of hydrogen-bond acceptors (Lipinski definition) is 0. The van der Waals surface area contributed by atoms with Gasteiger partial charge in [-0.25, -0.2) is 0 Å². The van der Waals surface area contributed by atoms with Gasteiger partial charge in [0.15, 0.2) is 0 Å². The van der Waals surface area contributed by atoms with Gasteiger partial charge >= 0.3 is 0 Å². The van der Waals surface area contributed by atoms with E-state index in [0.717, 1.165) is 0 Å². The van der Waals surface area contributed by atoms with Gasteiger partial charge in [-0.15, -0.1) is 5.73 Å². The molecule has 0 aromatic heterocycles. The summed E-state index contributed by atoms with van der Waals surface area (Å²) in [6, 6.07) is 0. The molecular weight excluding hydrogens is 132 g/mol. The Morgan fingerprint density at radius 1 is 1.18 bits per heavy atom. The van der Waals surface area contributed by atoms with Crippen LogP contribution in [0.25, 0.3) is 0 Å². The lowest BCUT2D eigenvalue weighted by Gasteiger charge is -1.91. The van der Waals surface area contributed by atoms with Crippen molar-refractivity contribution < 1.29 is 0 Å². The topological polar surface area (TPSA) is 0 Å². The Bertz CT molecular complexity index is 294. The molecule has 0 fully saturated rings. The molecule has 0 saturated heterocycles. The number of hydrogen-bond donors (Lipinski definition) is 0. The first-order valence-corrected chi connectivity index (χ1v) is 4.20. The zero-order valence-corrected chi connectivity index (χ0v) is 6.85. The molecule has 0 amide bonds. The SMILES string of the molecule is CC1=C=CC2=C(C=C1)CCC2. The van der Waals surface area contributed by atoms with Crippen molar-refractivity contribution >= 4 is 0 Å². The summed E-state index contributed by atoms with van der Waals surface area (Å²) < 4.78 is 0. The Morgan fingerprint density at radius 2 is 2.00 bits per heavy atom. The first kappa shape index (κ1) is 6.69. The van der Waals surface area contributed by atoms with Crippen LogP contribution in [0.5, 0.6) is 0 Å². The molecule has 0 aliphatic heterocycles. The third-order valence-corrected chi connectivity index (χ3v) is 2.31. The van der Waals surface area contributed by atoms with Gasteiger partial charge in [0.05, 0.1) is 0 Å². The van der Waals surface area contributed by atoms with Crippen molar-refractivity contribution in [3.8, 4) is 0 Å². The smallest absolute Gasteiger partial charge is 0.00912 e. The van der Waals surface area contributed by atoms with Crippen molar-refractivity contribution in [3.63, 3.8) is 0 Å². The average Bonchev–Trinajstić information content (AvgIpc) is 2.38. The molecule has 0 aromatic carbocycles. The average molecular weight is 144 g/mol. The standard InChI is InChI=1S/C11H12/c1-9-5-7-10-3-2-4-11(10)8-6-9/h5,7-8H,2-4H2,1H3. The molecule has 0 saturated carbocycles. The summed E-state index contributed by atoms with van der Waals surface area (Å²) in [5, 5.41) is 0. The molecule has 2 rings (SSSR count). The summed E-state index contributed by atoms with van der Waals surface area (Å²) in [4.78, 5) is 0. The van der Waals surface area contributed by atoms with Gasteiger partial charge in [0.25, 0.3) is 0 Å². The molecule has 0 nitrogen and oxygen atoms in total. The molecule has 2 aliphatic rings. The fraction of sp³-hybridized carbons (Fsp3) is 0.364. The molecular formula is C11H12. The second-order valence-corrected chi connectivity index (χ2v) is 3.21. The molecule has 0 aromatic rings. The van der Waals surface area contributed by atoms with Crippen molar-refractivity contribution in [3.05, 3.63) is 40.7 Å². The Morgan fingerprint density at radius 3 is 2.91 bits per heavy atom. The Balaban J connectivity index is 2.43. The van der Waals surface area contributed by atoms with E-state index >= 15 is 0 Å². The minimum Gasteiger partial charge on any atom is -0.117 e. The number of rotatable bonds is 0. The Hall–Kier alpha value is -1.00. The molecule has 0 heterocycles. The van der Waals surface area contributed by atoms with Gasteiger partial charge < -0.3 is 0 Å². The van der Waals surface area contributed by atoms with E-state index in [1.165, 1.54) is 36.0 Å². The first-order valence-electron chi connectivity index (χ1n) is 4.20. The summed E-state index contributed by atoms with van der Waals surface area (Å²) in [5.74, 6) is 0. The minimum atomic E-state index is 1.24. The predicted octanol–water partition coefficient (Wildman–Crippen LogP) is 3.14. The fourth-order valence-electron chi connectivity index (χ4n) is 1.62. The highest BCUT2D eigenvalue weighted by Gasteiger charge is 2.10. The van der Waals surface area contributed by atoms with Crippen LogP contribution in [0.3, 0.4) is 0 Å². The lowest BCUT2D eigenvalue weighted by molar-refractivity contribution is 0.906. The summed E-state index contributed by atoms with van der Waals surface area (Å²) in [7, 11) is 0. The monoisotopic (exact) mass is 144 g/mol. The van der Waals surface area contributed by atoms with Gasteiger partial charge in [-0.1, -0.05) is 12.2 Å². The van der Waals surface area contributed by atoms with Crippen LogP contribution in [0.2, 0.25) is 0 Å². The maximum absolute atomic E-state index is 3.26. The molecule has 0 atom stereocenters. The van der Waals surface area contributed by atoms with Crippen LogP contribution < -0.4 is 0 Å². The van der Waals surface area contributed by atoms with Gasteiger partial charge in [0.1, 0.15) is 0 Å². The van der Waals surface area contributed by atoms with Crippen molar-refractivity contribution in [2.45, 2.75) is 26.2 Å². The van der Waals surface area contributed by atoms with Gasteiger partial charge in [-0.3, -0.25) is 0 Å². The van der Waals surface area contributed by atoms with Gasteiger partial charge in [0.2, 0.25) is 0 Å². The molecule has 2 aliphatic carbocycles. The largest absolute Gasteiger partial charge is 0.117 e. The molecule has 0 heteroatoms. The lowest BCUT2D eigenvalue weighted by atomic mass is 10.1. The second-order valence-electron chi connectivity index (χ2n) is 3.21. The summed E-state index contributed by atoms with van der Waals surface area (Å²) in [6.45, 7) is 2.09. The molecule has 0 unspecified atom stereocenters. The third-order valence-electron chi connectivity index (χ3n) is 2.31. The first-order chi connectivity index (χ1) is 5.36. The molecule has 0 bridgehead atoms. The van der Waals surface area contributed by atoms with E-state index in [2.05, 4.69) is 30.9 Å². The van der Waals surface area contributed by atoms with E-state index in [1.807, 2.05) is 0 Å². The molecule has 11 heavy (non-hydrogen) atoms. The van der Waals surface area contributed by atoms with Crippen molar-refractivity contribution in [1.29, 1.82) is 0 Å². The van der Waals surface area contributed by atoms with Crippen LogP contribution in [0.4, 0.5) is 0 Å². The van der Waals surface area contributed by atoms with E-state index in [4.69, 9.17) is 0 Å². The fourth-order valence-corrected chi connectivity index (χ4v) is 1.62. The van der Waals surface area contributed by atoms with Gasteiger partial charge in [-0.2, -0.15) is 0 Å². The summed E-state index contributed by atoms with van der Waals surface area (Å²) >= 11 is 0. The van der Waals surface area contributed by atoms with E-state index < -0.39 is 0 Å². The quantitative estimate of drug-likeness (QED) is 0.458. The highest BCUT2D eigenvalue weighted by Crippen LogP contribution is 2.28. The number of allylic oxidation sites excluding steroid dienone is 5. The zero-order chi connectivity index (χ0) is 7.68. The predicted molar refractivity (Wildman–Crippen MR) is 47.3 cm³/mol. The highest BCUT2D eigenvalue weighted by atomic mass is 14.1. The van der Waals surface area contributed by atoms with Crippen LogP contribution in [-0.2, 0) is 0 Å². The molecule has 0 N–H and O–H groups in total. The summed E-state index contributed by atoms with van der Waals surface area (Å²) in [5.41, 5.74) is 7.52. The van der Waals surface area contributed by atoms with Gasteiger partial charge in [-0.05, 0) is 49.0 Å². The third kappa shape index (κ3) is 1.22. The Kier molecular flexibility index (Phi) is 1.56. The lowest BCUT2D eigenvalue weighted by Crippen LogP contribution is -1.72. The van der Waals surface area contributed by atoms with E-state index in [-0.39, 0.29) is 0 Å². The van der Waals surface area contributed by atoms with E-state index in [1.54, 1.807) is 0 Å². The highest BCUT2D eigenvalue weighted by molar-refractivity contribution is 5.41. The van der Waals surface area contributed by atoms with Crippen LogP contribution >= 0.6 is 0 Å². The van der Waals surface area contributed by atoms with Crippen LogP contribution in [-0.4, -0.2) is 0 Å². The van der Waals surface area contributed by atoms with Crippen LogP contribution in [0, 0.1) is 0 Å². The van der Waals surface area contributed by atoms with E-state index in [0.29, 0.717) is 0 Å². The summed E-state index contributed by atoms with van der Waals surface area (Å²) in [6.07, 6.45) is 10.4. The normalized spacial score (nSPS) is 21.7. The molecule has 56 valence electrons. The van der Waals surface area contributed by atoms with E-state index in [9.17, 15) is 0 Å². The van der Waals surface area contributed by atoms with Crippen molar-refractivity contribution in [2.75, 3.05) is 0 Å². The zero-order valence-electron chi connectivity index (χ0n) is 6.85. The molecule has 0 spiro atoms. The van der Waals surface area contributed by atoms with Crippen molar-refractivity contribution in [2.24, 2.45) is 0 Å². The maximum Gasteiger partial charge on any atom is -0.00912 e. The van der Waals surface area contributed by atoms with Crippen LogP contribution in [0.15, 0.2) is 40.7 Å². The van der Waals surface area contributed by atoms with Gasteiger partial charge in [0, 0.05) is 0 Å². The molecule has 0 radical (unpaired) electrons. The van der Waals surface area contributed by atoms with Crippen molar-refractivity contribution in [1.82, 2.24) is 0 Å². The Labute approximate surface area is 67.6 Å². The van der Waals surface area contributed by atoms with Crippen LogP contribution in [0.1, 0.15) is 26.2 Å². The minimum absolute atomic E-state index is 1.24. The maximum atomic E-state index is 3.26. The second kappa shape index (κ2) is 2.56.